The molecule has 27 heavy (non-hydrogen) atoms. The van der Waals surface area contributed by atoms with Gasteiger partial charge >= 0.3 is 0 Å². The third-order valence-corrected chi connectivity index (χ3v) is 5.03. The zero-order valence-electron chi connectivity index (χ0n) is 14.5. The Kier molecular flexibility index (Phi) is 4.49. The first-order chi connectivity index (χ1) is 13.0. The highest BCUT2D eigenvalue weighted by atomic mass is 35.5. The fraction of sp³-hybridized carbons (Fsp3) is 0.200. The topological polar surface area (TPSA) is 78.5 Å². The van der Waals surface area contributed by atoms with Crippen molar-refractivity contribution in [1.82, 2.24) is 15.1 Å². The molecule has 0 spiro atoms. The van der Waals surface area contributed by atoms with Crippen LogP contribution in [0.3, 0.4) is 0 Å². The Labute approximate surface area is 161 Å². The minimum Gasteiger partial charge on any atom is -0.506 e. The van der Waals surface area contributed by atoms with Crippen molar-refractivity contribution in [3.63, 3.8) is 0 Å². The van der Waals surface area contributed by atoms with E-state index in [9.17, 15) is 9.90 Å². The van der Waals surface area contributed by atoms with Crippen LogP contribution >= 0.6 is 11.6 Å². The quantitative estimate of drug-likeness (QED) is 0.672. The molecule has 7 heteroatoms. The molecule has 1 aromatic heterocycles. The second-order valence-corrected chi connectivity index (χ2v) is 6.90. The first-order valence-electron chi connectivity index (χ1n) is 8.59. The van der Waals surface area contributed by atoms with Gasteiger partial charge in [0.25, 0.3) is 0 Å². The summed E-state index contributed by atoms with van der Waals surface area (Å²) < 4.78 is 6.22. The molecule has 1 aliphatic heterocycles. The molecule has 1 aliphatic rings. The molecule has 0 aliphatic carbocycles. The number of nitrogens with zero attached hydrogens (tertiary/aromatic N) is 2. The number of phenols is 1. The molecule has 0 saturated carbocycles. The molecule has 1 atom stereocenters. The van der Waals surface area contributed by atoms with Crippen LogP contribution in [0.4, 0.5) is 0 Å². The van der Waals surface area contributed by atoms with E-state index in [4.69, 9.17) is 16.3 Å². The Morgan fingerprint density at radius 3 is 3.00 bits per heavy atom. The van der Waals surface area contributed by atoms with Gasteiger partial charge in [0.15, 0.2) is 0 Å². The first-order valence-corrected chi connectivity index (χ1v) is 8.97. The predicted octanol–water partition coefficient (Wildman–Crippen LogP) is 3.75. The number of fused-ring (bicyclic) bond motifs is 1. The molecule has 1 saturated heterocycles. The number of nitrogens with one attached hydrogen (secondary N) is 1. The third kappa shape index (κ3) is 3.36. The normalized spacial score (nSPS) is 16.6. The summed E-state index contributed by atoms with van der Waals surface area (Å²) in [5, 5.41) is 17.9. The smallest absolute Gasteiger partial charge is 0.246 e. The van der Waals surface area contributed by atoms with Crippen molar-refractivity contribution < 1.29 is 14.6 Å². The Balaban J connectivity index is 1.66. The summed E-state index contributed by atoms with van der Waals surface area (Å²) in [4.78, 5) is 13.5. The number of carbonyl (C=O) groups excluding carboxylic acids is 1. The standard InChI is InChI=1S/C20H18ClN3O3/c1-2-20(26)24-6-5-14(11-24)27-19-9-13(8-17-15(19)10-22-23-17)12-3-4-18(25)16(21)7-12/h2-4,7-10,14,25H,1,5-6,11H2,(H,22,23). The SMILES string of the molecule is C=CC(=O)N1CCC(Oc2cc(-c3ccc(O)c(Cl)c3)cc3[nH]ncc23)C1. The maximum atomic E-state index is 11.8. The summed E-state index contributed by atoms with van der Waals surface area (Å²) in [6.07, 6.45) is 3.71. The number of H-pyrrole nitrogens is 1. The predicted molar refractivity (Wildman–Crippen MR) is 104 cm³/mol. The molecule has 3 aromatic rings. The lowest BCUT2D eigenvalue weighted by molar-refractivity contribution is -0.125. The van der Waals surface area contributed by atoms with Crippen molar-refractivity contribution >= 4 is 28.4 Å². The van der Waals surface area contributed by atoms with Crippen molar-refractivity contribution in [3.05, 3.63) is 54.2 Å². The van der Waals surface area contributed by atoms with E-state index in [-0.39, 0.29) is 22.8 Å². The highest BCUT2D eigenvalue weighted by Crippen LogP contribution is 2.35. The van der Waals surface area contributed by atoms with E-state index >= 15 is 0 Å². The van der Waals surface area contributed by atoms with Gasteiger partial charge in [0.05, 0.1) is 28.7 Å². The van der Waals surface area contributed by atoms with Crippen LogP contribution in [0.5, 0.6) is 11.5 Å². The molecule has 6 nitrogen and oxygen atoms in total. The molecule has 0 bridgehead atoms. The molecule has 2 aromatic carbocycles. The minimum atomic E-state index is -0.0920. The lowest BCUT2D eigenvalue weighted by Gasteiger charge is -2.17. The van der Waals surface area contributed by atoms with Gasteiger partial charge in [-0.2, -0.15) is 5.10 Å². The second-order valence-electron chi connectivity index (χ2n) is 6.49. The van der Waals surface area contributed by atoms with E-state index in [1.165, 1.54) is 6.08 Å². The van der Waals surface area contributed by atoms with Crippen molar-refractivity contribution in [1.29, 1.82) is 0 Å². The summed E-state index contributed by atoms with van der Waals surface area (Å²) in [6.45, 7) is 4.71. The van der Waals surface area contributed by atoms with Crippen LogP contribution in [0.1, 0.15) is 6.42 Å². The number of aromatic amines is 1. The van der Waals surface area contributed by atoms with Crippen LogP contribution in [-0.4, -0.2) is 45.3 Å². The summed E-state index contributed by atoms with van der Waals surface area (Å²) in [5.74, 6) is 0.651. The number of ether oxygens (including phenoxy) is 1. The van der Waals surface area contributed by atoms with Gasteiger partial charge < -0.3 is 14.7 Å². The fourth-order valence-electron chi connectivity index (χ4n) is 3.30. The van der Waals surface area contributed by atoms with Crippen LogP contribution in [-0.2, 0) is 4.79 Å². The van der Waals surface area contributed by atoms with E-state index in [0.29, 0.717) is 18.8 Å². The van der Waals surface area contributed by atoms with Gasteiger partial charge in [-0.05, 0) is 41.5 Å². The number of aromatic nitrogens is 2. The molecule has 2 N–H and O–H groups in total. The van der Waals surface area contributed by atoms with Crippen molar-refractivity contribution in [3.8, 4) is 22.6 Å². The Morgan fingerprint density at radius 1 is 1.37 bits per heavy atom. The van der Waals surface area contributed by atoms with E-state index in [1.54, 1.807) is 29.3 Å². The number of amides is 1. The Bertz CT molecular complexity index is 1030. The molecule has 0 radical (unpaired) electrons. The van der Waals surface area contributed by atoms with Gasteiger partial charge in [-0.1, -0.05) is 24.2 Å². The number of hydrogen-bond acceptors (Lipinski definition) is 4. The monoisotopic (exact) mass is 383 g/mol. The summed E-state index contributed by atoms with van der Waals surface area (Å²) >= 11 is 6.05. The van der Waals surface area contributed by atoms with Crippen LogP contribution < -0.4 is 4.74 Å². The zero-order valence-corrected chi connectivity index (χ0v) is 15.2. The number of likely N-dealkylation sites (tertiary alicyclic amines) is 1. The van der Waals surface area contributed by atoms with Crippen LogP contribution in [0.15, 0.2) is 49.2 Å². The highest BCUT2D eigenvalue weighted by molar-refractivity contribution is 6.32. The zero-order chi connectivity index (χ0) is 19.0. The molecule has 1 fully saturated rings. The molecule has 4 rings (SSSR count). The Morgan fingerprint density at radius 2 is 2.22 bits per heavy atom. The number of hydrogen-bond donors (Lipinski definition) is 2. The second kappa shape index (κ2) is 6.96. The van der Waals surface area contributed by atoms with Gasteiger partial charge in [0.2, 0.25) is 5.91 Å². The largest absolute Gasteiger partial charge is 0.506 e. The Hall–Kier alpha value is -2.99. The minimum absolute atomic E-state index is 0.0393. The first kappa shape index (κ1) is 17.4. The van der Waals surface area contributed by atoms with E-state index < -0.39 is 0 Å². The van der Waals surface area contributed by atoms with Crippen molar-refractivity contribution in [2.45, 2.75) is 12.5 Å². The van der Waals surface area contributed by atoms with Gasteiger partial charge in [0.1, 0.15) is 17.6 Å². The van der Waals surface area contributed by atoms with Crippen molar-refractivity contribution in [2.24, 2.45) is 0 Å². The molecular formula is C20H18ClN3O3. The third-order valence-electron chi connectivity index (χ3n) is 4.73. The van der Waals surface area contributed by atoms with E-state index in [0.717, 1.165) is 28.5 Å². The van der Waals surface area contributed by atoms with E-state index in [1.807, 2.05) is 12.1 Å². The van der Waals surface area contributed by atoms with Gasteiger partial charge in [-0.3, -0.25) is 9.89 Å². The van der Waals surface area contributed by atoms with Crippen LogP contribution in [0, 0.1) is 0 Å². The molecule has 2 heterocycles. The highest BCUT2D eigenvalue weighted by Gasteiger charge is 2.27. The van der Waals surface area contributed by atoms with Gasteiger partial charge in [-0.25, -0.2) is 0 Å². The van der Waals surface area contributed by atoms with Crippen molar-refractivity contribution in [2.75, 3.05) is 13.1 Å². The summed E-state index contributed by atoms with van der Waals surface area (Å²) in [5.41, 5.74) is 2.58. The van der Waals surface area contributed by atoms with Gasteiger partial charge in [0, 0.05) is 13.0 Å². The van der Waals surface area contributed by atoms with Gasteiger partial charge in [-0.15, -0.1) is 0 Å². The number of carbonyl (C=O) groups is 1. The maximum absolute atomic E-state index is 11.8. The lowest BCUT2D eigenvalue weighted by atomic mass is 10.0. The van der Waals surface area contributed by atoms with Crippen LogP contribution in [0.25, 0.3) is 22.0 Å². The number of halogens is 1. The summed E-state index contributed by atoms with van der Waals surface area (Å²) in [6, 6.07) is 8.95. The molecule has 1 unspecified atom stereocenters. The fourth-order valence-corrected chi connectivity index (χ4v) is 3.48. The number of benzene rings is 2. The maximum Gasteiger partial charge on any atom is 0.246 e. The average molecular weight is 384 g/mol. The molecular weight excluding hydrogens is 366 g/mol. The van der Waals surface area contributed by atoms with E-state index in [2.05, 4.69) is 16.8 Å². The summed E-state index contributed by atoms with van der Waals surface area (Å²) in [7, 11) is 0. The average Bonchev–Trinajstić information content (AvgIpc) is 3.32. The number of rotatable bonds is 4. The molecule has 1 amide bonds. The molecule has 138 valence electrons. The number of aromatic hydroxyl groups is 1. The lowest BCUT2D eigenvalue weighted by Crippen LogP contribution is -2.29. The number of phenolic OH excluding ortho intramolecular Hbond substituents is 1. The van der Waals surface area contributed by atoms with Crippen LogP contribution in [0.2, 0.25) is 5.02 Å².